The van der Waals surface area contributed by atoms with Gasteiger partial charge in [-0.1, -0.05) is 56.1 Å². The van der Waals surface area contributed by atoms with Crippen LogP contribution in [0, 0.1) is 0 Å². The van der Waals surface area contributed by atoms with Gasteiger partial charge in [0.25, 0.3) is 0 Å². The molecule has 0 fully saturated rings. The van der Waals surface area contributed by atoms with Gasteiger partial charge in [-0.25, -0.2) is 19.9 Å². The zero-order valence-electron chi connectivity index (χ0n) is 23.2. The highest BCUT2D eigenvalue weighted by Crippen LogP contribution is 2.34. The molecule has 0 saturated carbocycles. The summed E-state index contributed by atoms with van der Waals surface area (Å²) < 4.78 is 24.7. The number of alkyl halides is 2. The lowest BCUT2D eigenvalue weighted by Crippen LogP contribution is -1.97. The van der Waals surface area contributed by atoms with Gasteiger partial charge in [0.05, 0.1) is 29.0 Å². The fourth-order valence-electron chi connectivity index (χ4n) is 3.52. The van der Waals surface area contributed by atoms with E-state index >= 15 is 0 Å². The van der Waals surface area contributed by atoms with Crippen molar-refractivity contribution in [3.05, 3.63) is 93.6 Å². The Bertz CT molecular complexity index is 1700. The fraction of sp³-hybridized carbons (Fsp3) is 0.200. The van der Waals surface area contributed by atoms with Gasteiger partial charge in [-0.3, -0.25) is 0 Å². The summed E-state index contributed by atoms with van der Waals surface area (Å²) in [6, 6.07) is 19.5. The topological polar surface area (TPSA) is 88.5 Å². The average molecular weight is 811 g/mol. The van der Waals surface area contributed by atoms with E-state index in [0.29, 0.717) is 25.0 Å². The molecule has 4 heterocycles. The molecule has 224 valence electrons. The molecule has 0 N–H and O–H groups in total. The molecular formula is C30H27Br3N4O4S2. The van der Waals surface area contributed by atoms with Gasteiger partial charge in [-0.05, 0) is 68.8 Å². The summed E-state index contributed by atoms with van der Waals surface area (Å²) >= 11 is 13.0. The third-order valence-corrected chi connectivity index (χ3v) is 9.96. The average Bonchev–Trinajstić information content (AvgIpc) is 3.70. The van der Waals surface area contributed by atoms with E-state index in [1.54, 1.807) is 36.9 Å². The number of rotatable bonds is 9. The maximum absolute atomic E-state index is 5.79. The minimum atomic E-state index is 0.464. The van der Waals surface area contributed by atoms with E-state index in [9.17, 15) is 0 Å². The van der Waals surface area contributed by atoms with E-state index < -0.39 is 0 Å². The lowest BCUT2D eigenvalue weighted by atomic mass is 10.2. The first-order chi connectivity index (χ1) is 21.0. The van der Waals surface area contributed by atoms with Gasteiger partial charge >= 0.3 is 0 Å². The van der Waals surface area contributed by atoms with Crippen molar-refractivity contribution in [1.29, 1.82) is 0 Å². The summed E-state index contributed by atoms with van der Waals surface area (Å²) in [5.41, 5.74) is 3.95. The number of benzene rings is 2. The van der Waals surface area contributed by atoms with Crippen molar-refractivity contribution in [3.63, 3.8) is 0 Å². The molecule has 0 radical (unpaired) electrons. The molecule has 0 bridgehead atoms. The first-order valence-electron chi connectivity index (χ1n) is 12.8. The monoisotopic (exact) mass is 808 g/mol. The summed E-state index contributed by atoms with van der Waals surface area (Å²) in [6.45, 7) is 0.944. The molecule has 0 atom stereocenters. The number of aromatic nitrogens is 4. The van der Waals surface area contributed by atoms with Crippen molar-refractivity contribution >= 4 is 90.9 Å². The second-order valence-electron chi connectivity index (χ2n) is 8.41. The fourth-order valence-corrected chi connectivity index (χ4v) is 5.79. The Morgan fingerprint density at radius 3 is 1.67 bits per heavy atom. The lowest BCUT2D eigenvalue weighted by Gasteiger charge is -2.06. The molecule has 0 amide bonds. The molecule has 0 unspecified atom stereocenters. The Balaban J connectivity index is 0.000000176. The molecule has 43 heavy (non-hydrogen) atoms. The summed E-state index contributed by atoms with van der Waals surface area (Å²) in [6.07, 6.45) is 3.04. The molecule has 4 aromatic heterocycles. The molecule has 0 aliphatic rings. The van der Waals surface area contributed by atoms with E-state index in [4.69, 9.17) is 18.9 Å². The third-order valence-electron chi connectivity index (χ3n) is 5.60. The molecule has 0 aliphatic heterocycles. The van der Waals surface area contributed by atoms with Gasteiger partial charge in [0.2, 0.25) is 11.8 Å². The van der Waals surface area contributed by atoms with Crippen LogP contribution in [0.4, 0.5) is 0 Å². The Labute approximate surface area is 282 Å². The SMILES string of the molecule is BrCCBr.COc1ccc(COc2ncnc3cc(Br)sc23)cc1.COc1ccc(COc2ncnc3ccsc23)cc1. The lowest BCUT2D eigenvalue weighted by molar-refractivity contribution is 0.298. The minimum absolute atomic E-state index is 0.464. The molecule has 0 spiro atoms. The van der Waals surface area contributed by atoms with Crippen LogP contribution in [-0.2, 0) is 13.2 Å². The van der Waals surface area contributed by atoms with Gasteiger partial charge in [0.1, 0.15) is 46.8 Å². The van der Waals surface area contributed by atoms with Crippen molar-refractivity contribution in [1.82, 2.24) is 19.9 Å². The predicted octanol–water partition coefficient (Wildman–Crippen LogP) is 9.10. The molecular weight excluding hydrogens is 784 g/mol. The number of methoxy groups -OCH3 is 2. The molecule has 6 rings (SSSR count). The molecule has 0 saturated heterocycles. The van der Waals surface area contributed by atoms with E-state index in [-0.39, 0.29) is 0 Å². The standard InChI is InChI=1S/C14H11BrN2O2S.C14H12N2O2S.C2H4Br2/c1-18-10-4-2-9(3-5-10)7-19-14-13-11(16-8-17-14)6-12(15)20-13;1-17-11-4-2-10(3-5-11)8-18-14-13-12(6-7-19-13)15-9-16-14;3-1-2-4/h2-6,8H,7H2,1H3;2-7,9H,8H2,1H3;1-2H2. The van der Waals surface area contributed by atoms with Gasteiger partial charge < -0.3 is 18.9 Å². The number of thiophene rings is 2. The highest BCUT2D eigenvalue weighted by molar-refractivity contribution is 9.12. The van der Waals surface area contributed by atoms with Gasteiger partial charge in [0, 0.05) is 10.7 Å². The summed E-state index contributed by atoms with van der Waals surface area (Å²) in [7, 11) is 3.30. The van der Waals surface area contributed by atoms with Crippen LogP contribution in [0.25, 0.3) is 20.4 Å². The van der Waals surface area contributed by atoms with Gasteiger partial charge in [-0.2, -0.15) is 0 Å². The second kappa shape index (κ2) is 17.5. The Kier molecular flexibility index (Phi) is 13.4. The van der Waals surface area contributed by atoms with Crippen molar-refractivity contribution in [2.24, 2.45) is 0 Å². The zero-order chi connectivity index (χ0) is 30.4. The number of ether oxygens (including phenoxy) is 4. The summed E-state index contributed by atoms with van der Waals surface area (Å²) in [5, 5.41) is 4.08. The number of nitrogens with zero attached hydrogens (tertiary/aromatic N) is 4. The number of hydrogen-bond donors (Lipinski definition) is 0. The maximum atomic E-state index is 5.79. The first-order valence-corrected chi connectivity index (χ1v) is 17.5. The summed E-state index contributed by atoms with van der Waals surface area (Å²) in [5.74, 6) is 2.92. The third kappa shape index (κ3) is 9.83. The quantitative estimate of drug-likeness (QED) is 0.134. The van der Waals surface area contributed by atoms with Crippen LogP contribution in [0.5, 0.6) is 23.3 Å². The first kappa shape index (κ1) is 33.1. The summed E-state index contributed by atoms with van der Waals surface area (Å²) in [4.78, 5) is 16.8. The Hall–Kier alpha value is -2.84. The number of fused-ring (bicyclic) bond motifs is 2. The minimum Gasteiger partial charge on any atom is -0.497 e. The van der Waals surface area contributed by atoms with Crippen LogP contribution in [0.2, 0.25) is 0 Å². The van der Waals surface area contributed by atoms with Crippen LogP contribution in [0.15, 0.2) is 82.5 Å². The Morgan fingerprint density at radius 2 is 1.16 bits per heavy atom. The normalized spacial score (nSPS) is 10.3. The van der Waals surface area contributed by atoms with Crippen molar-refractivity contribution < 1.29 is 18.9 Å². The highest BCUT2D eigenvalue weighted by atomic mass is 79.9. The van der Waals surface area contributed by atoms with E-state index in [1.807, 2.05) is 66.0 Å². The van der Waals surface area contributed by atoms with Crippen molar-refractivity contribution in [2.45, 2.75) is 13.2 Å². The van der Waals surface area contributed by atoms with Gasteiger partial charge in [0.15, 0.2) is 0 Å². The second-order valence-corrected chi connectivity index (χ2v) is 13.3. The number of halogens is 3. The molecule has 6 aromatic rings. The largest absolute Gasteiger partial charge is 0.497 e. The highest BCUT2D eigenvalue weighted by Gasteiger charge is 2.09. The van der Waals surface area contributed by atoms with Crippen molar-refractivity contribution in [3.8, 4) is 23.3 Å². The molecule has 8 nitrogen and oxygen atoms in total. The number of hydrogen-bond acceptors (Lipinski definition) is 10. The van der Waals surface area contributed by atoms with Crippen LogP contribution in [-0.4, -0.2) is 44.8 Å². The van der Waals surface area contributed by atoms with E-state index in [0.717, 1.165) is 57.5 Å². The van der Waals surface area contributed by atoms with Crippen LogP contribution < -0.4 is 18.9 Å². The molecule has 0 aliphatic carbocycles. The van der Waals surface area contributed by atoms with Crippen molar-refractivity contribution in [2.75, 3.05) is 24.9 Å². The molecule has 13 heteroatoms. The van der Waals surface area contributed by atoms with Crippen LogP contribution >= 0.6 is 70.5 Å². The van der Waals surface area contributed by atoms with E-state index in [2.05, 4.69) is 67.7 Å². The molecule has 2 aromatic carbocycles. The zero-order valence-corrected chi connectivity index (χ0v) is 29.6. The predicted molar refractivity (Wildman–Crippen MR) is 185 cm³/mol. The van der Waals surface area contributed by atoms with Gasteiger partial charge in [-0.15, -0.1) is 22.7 Å². The van der Waals surface area contributed by atoms with Crippen LogP contribution in [0.1, 0.15) is 11.1 Å². The smallest absolute Gasteiger partial charge is 0.235 e. The maximum Gasteiger partial charge on any atom is 0.235 e. The van der Waals surface area contributed by atoms with Crippen LogP contribution in [0.3, 0.4) is 0 Å². The Morgan fingerprint density at radius 1 is 0.651 bits per heavy atom. The van der Waals surface area contributed by atoms with E-state index in [1.165, 1.54) is 12.7 Å².